The lowest BCUT2D eigenvalue weighted by molar-refractivity contribution is 0.594. The monoisotopic (exact) mass is 329 g/mol. The summed E-state index contributed by atoms with van der Waals surface area (Å²) in [6, 6.07) is 4.17. The molecular weight excluding hydrogens is 316 g/mol. The Hall–Kier alpha value is -1.43. The van der Waals surface area contributed by atoms with Crippen LogP contribution in [-0.4, -0.2) is 9.78 Å². The van der Waals surface area contributed by atoms with Gasteiger partial charge in [0.05, 0.1) is 28.1 Å². The highest BCUT2D eigenvalue weighted by atomic mass is 79.9. The molecule has 1 heterocycles. The zero-order valence-electron chi connectivity index (χ0n) is 10.7. The first kappa shape index (κ1) is 14.0. The first-order chi connectivity index (χ1) is 9.01. The van der Waals surface area contributed by atoms with E-state index in [0.717, 1.165) is 30.1 Å². The Morgan fingerprint density at radius 3 is 2.68 bits per heavy atom. The summed E-state index contributed by atoms with van der Waals surface area (Å²) < 4.78 is 28.9. The molecule has 1 aromatic heterocycles. The van der Waals surface area contributed by atoms with E-state index >= 15 is 0 Å². The number of benzene rings is 1. The maximum Gasteiger partial charge on any atom is 0.147 e. The number of nitrogens with zero attached hydrogens (tertiary/aromatic N) is 2. The predicted molar refractivity (Wildman–Crippen MR) is 74.0 cm³/mol. The molecule has 19 heavy (non-hydrogen) atoms. The number of halogens is 3. The fourth-order valence-electron chi connectivity index (χ4n) is 1.86. The molecule has 0 bridgehead atoms. The first-order valence-electron chi connectivity index (χ1n) is 5.93. The van der Waals surface area contributed by atoms with Crippen LogP contribution in [0.3, 0.4) is 0 Å². The highest BCUT2D eigenvalue weighted by molar-refractivity contribution is 9.10. The van der Waals surface area contributed by atoms with E-state index in [0.29, 0.717) is 6.54 Å². The lowest BCUT2D eigenvalue weighted by Gasteiger charge is -2.09. The van der Waals surface area contributed by atoms with Gasteiger partial charge >= 0.3 is 0 Å². The van der Waals surface area contributed by atoms with E-state index in [4.69, 9.17) is 0 Å². The maximum absolute atomic E-state index is 13.6. The standard InChI is InChI=1S/C13H14BrF2N3/c1-3-19-9(4-8(2)18-19)7-17-13-6-11(15)10(14)5-12(13)16/h4-6,17H,3,7H2,1-2H3. The molecular formula is C13H14BrF2N3. The summed E-state index contributed by atoms with van der Waals surface area (Å²) in [5.41, 5.74) is 1.98. The molecule has 0 saturated heterocycles. The summed E-state index contributed by atoms with van der Waals surface area (Å²) in [5.74, 6) is -0.989. The highest BCUT2D eigenvalue weighted by Gasteiger charge is 2.09. The van der Waals surface area contributed by atoms with E-state index in [1.165, 1.54) is 0 Å². The van der Waals surface area contributed by atoms with Gasteiger partial charge in [-0.3, -0.25) is 4.68 Å². The van der Waals surface area contributed by atoms with Crippen molar-refractivity contribution in [2.24, 2.45) is 0 Å². The number of aromatic nitrogens is 2. The Labute approximate surface area is 118 Å². The Bertz CT molecular complexity index is 596. The molecule has 0 atom stereocenters. The second kappa shape index (κ2) is 5.69. The van der Waals surface area contributed by atoms with Gasteiger partial charge in [0.2, 0.25) is 0 Å². The molecule has 1 aromatic carbocycles. The summed E-state index contributed by atoms with van der Waals surface area (Å²) in [7, 11) is 0. The highest BCUT2D eigenvalue weighted by Crippen LogP contribution is 2.23. The summed E-state index contributed by atoms with van der Waals surface area (Å²) in [5, 5.41) is 7.19. The Morgan fingerprint density at radius 2 is 2.00 bits per heavy atom. The Kier molecular flexibility index (Phi) is 4.19. The summed E-state index contributed by atoms with van der Waals surface area (Å²) >= 11 is 2.95. The van der Waals surface area contributed by atoms with E-state index in [9.17, 15) is 8.78 Å². The van der Waals surface area contributed by atoms with Crippen LogP contribution >= 0.6 is 15.9 Å². The van der Waals surface area contributed by atoms with Crippen molar-refractivity contribution in [3.63, 3.8) is 0 Å². The van der Waals surface area contributed by atoms with Crippen molar-refractivity contribution in [1.82, 2.24) is 9.78 Å². The molecule has 0 unspecified atom stereocenters. The van der Waals surface area contributed by atoms with Gasteiger partial charge in [0.15, 0.2) is 0 Å². The van der Waals surface area contributed by atoms with Gasteiger partial charge in [-0.25, -0.2) is 8.78 Å². The van der Waals surface area contributed by atoms with Crippen LogP contribution < -0.4 is 5.32 Å². The number of hydrogen-bond acceptors (Lipinski definition) is 2. The molecule has 0 amide bonds. The van der Waals surface area contributed by atoms with Crippen molar-refractivity contribution in [3.8, 4) is 0 Å². The van der Waals surface area contributed by atoms with Gasteiger partial charge in [-0.15, -0.1) is 0 Å². The molecule has 0 fully saturated rings. The zero-order valence-corrected chi connectivity index (χ0v) is 12.3. The lowest BCUT2D eigenvalue weighted by Crippen LogP contribution is -2.09. The minimum atomic E-state index is -0.496. The fourth-order valence-corrected chi connectivity index (χ4v) is 2.17. The van der Waals surface area contributed by atoms with Gasteiger partial charge in [0, 0.05) is 12.6 Å². The van der Waals surface area contributed by atoms with Gasteiger partial charge in [-0.05, 0) is 41.9 Å². The van der Waals surface area contributed by atoms with Crippen LogP contribution in [0.15, 0.2) is 22.7 Å². The van der Waals surface area contributed by atoms with Crippen LogP contribution in [0.5, 0.6) is 0 Å². The van der Waals surface area contributed by atoms with E-state index in [-0.39, 0.29) is 10.2 Å². The average molecular weight is 330 g/mol. The summed E-state index contributed by atoms with van der Waals surface area (Å²) in [4.78, 5) is 0. The van der Waals surface area contributed by atoms with E-state index < -0.39 is 11.6 Å². The number of rotatable bonds is 4. The summed E-state index contributed by atoms with van der Waals surface area (Å²) in [6.45, 7) is 5.01. The van der Waals surface area contributed by atoms with Crippen LogP contribution in [0.4, 0.5) is 14.5 Å². The van der Waals surface area contributed by atoms with E-state index in [1.807, 2.05) is 24.6 Å². The largest absolute Gasteiger partial charge is 0.377 e. The van der Waals surface area contributed by atoms with Crippen molar-refractivity contribution in [3.05, 3.63) is 45.7 Å². The number of nitrogens with one attached hydrogen (secondary N) is 1. The number of aryl methyl sites for hydroxylation is 2. The van der Waals surface area contributed by atoms with Gasteiger partial charge in [-0.2, -0.15) is 5.10 Å². The quantitative estimate of drug-likeness (QED) is 0.863. The molecule has 3 nitrogen and oxygen atoms in total. The maximum atomic E-state index is 13.6. The Balaban J connectivity index is 2.16. The molecule has 0 saturated carbocycles. The number of hydrogen-bond donors (Lipinski definition) is 1. The lowest BCUT2D eigenvalue weighted by atomic mass is 10.3. The molecule has 0 aliphatic carbocycles. The van der Waals surface area contributed by atoms with Crippen molar-refractivity contribution in [1.29, 1.82) is 0 Å². The normalized spacial score (nSPS) is 10.8. The SMILES string of the molecule is CCn1nc(C)cc1CNc1cc(F)c(Br)cc1F. The summed E-state index contributed by atoms with van der Waals surface area (Å²) in [6.07, 6.45) is 0. The smallest absolute Gasteiger partial charge is 0.147 e. The van der Waals surface area contributed by atoms with Crippen LogP contribution in [0.25, 0.3) is 0 Å². The average Bonchev–Trinajstić information content (AvgIpc) is 2.72. The first-order valence-corrected chi connectivity index (χ1v) is 6.72. The van der Waals surface area contributed by atoms with Crippen LogP contribution in [-0.2, 0) is 13.1 Å². The molecule has 0 aliphatic rings. The molecule has 6 heteroatoms. The molecule has 0 spiro atoms. The minimum absolute atomic E-state index is 0.116. The van der Waals surface area contributed by atoms with E-state index in [1.54, 1.807) is 0 Å². The zero-order chi connectivity index (χ0) is 14.0. The van der Waals surface area contributed by atoms with Gasteiger partial charge in [0.25, 0.3) is 0 Å². The second-order valence-corrected chi connectivity index (χ2v) is 5.05. The number of anilines is 1. The Morgan fingerprint density at radius 1 is 1.26 bits per heavy atom. The molecule has 0 aliphatic heterocycles. The van der Waals surface area contributed by atoms with Crippen LogP contribution in [0.1, 0.15) is 18.3 Å². The van der Waals surface area contributed by atoms with Gasteiger partial charge in [0.1, 0.15) is 11.6 Å². The third-order valence-corrected chi connectivity index (χ3v) is 3.36. The predicted octanol–water partition coefficient (Wildman–Crippen LogP) is 3.86. The molecule has 102 valence electrons. The van der Waals surface area contributed by atoms with Crippen LogP contribution in [0.2, 0.25) is 0 Å². The molecule has 2 rings (SSSR count). The van der Waals surface area contributed by atoms with Gasteiger partial charge < -0.3 is 5.32 Å². The fraction of sp³-hybridized carbons (Fsp3) is 0.308. The second-order valence-electron chi connectivity index (χ2n) is 4.19. The third-order valence-electron chi connectivity index (χ3n) is 2.75. The van der Waals surface area contributed by atoms with Crippen molar-refractivity contribution < 1.29 is 8.78 Å². The van der Waals surface area contributed by atoms with Gasteiger partial charge in [-0.1, -0.05) is 0 Å². The van der Waals surface area contributed by atoms with Crippen molar-refractivity contribution in [2.75, 3.05) is 5.32 Å². The molecule has 0 radical (unpaired) electrons. The van der Waals surface area contributed by atoms with E-state index in [2.05, 4.69) is 26.3 Å². The molecule has 1 N–H and O–H groups in total. The minimum Gasteiger partial charge on any atom is -0.377 e. The third kappa shape index (κ3) is 3.12. The van der Waals surface area contributed by atoms with Crippen molar-refractivity contribution in [2.45, 2.75) is 26.9 Å². The topological polar surface area (TPSA) is 29.9 Å². The molecule has 2 aromatic rings. The van der Waals surface area contributed by atoms with Crippen molar-refractivity contribution >= 4 is 21.6 Å². The van der Waals surface area contributed by atoms with Crippen LogP contribution in [0, 0.1) is 18.6 Å².